The molecule has 3 nitrogen and oxygen atoms in total. The zero-order valence-electron chi connectivity index (χ0n) is 4.76. The molecule has 0 aliphatic carbocycles. The van der Waals surface area contributed by atoms with Crippen LogP contribution >= 0.6 is 0 Å². The summed E-state index contributed by atoms with van der Waals surface area (Å²) in [7, 11) is 1.38. The lowest BCUT2D eigenvalue weighted by Gasteiger charge is -1.94. The van der Waals surface area contributed by atoms with Gasteiger partial charge in [0.05, 0.1) is 0 Å². The molecule has 0 aromatic carbocycles. The third-order valence-electron chi connectivity index (χ3n) is 0.507. The van der Waals surface area contributed by atoms with Crippen LogP contribution in [0.3, 0.4) is 0 Å². The largest absolute Gasteiger partial charge is 0.444 e. The maximum Gasteiger partial charge on any atom is 0.428 e. The lowest BCUT2D eigenvalue weighted by molar-refractivity contribution is 0.160. The molecule has 1 radical (unpaired) electrons. The standard InChI is InChI=1S/C5H8NO2/c1-3-4-8-5(7)6-2/h3H,1,4H2,2H3. The number of hydrogen-bond donors (Lipinski definition) is 0. The van der Waals surface area contributed by atoms with Gasteiger partial charge in [0.25, 0.3) is 0 Å². The Balaban J connectivity index is 3.11. The summed E-state index contributed by atoms with van der Waals surface area (Å²) in [6.07, 6.45) is 0.938. The van der Waals surface area contributed by atoms with Gasteiger partial charge < -0.3 is 4.74 Å². The number of nitrogens with zero attached hydrogens (tertiary/aromatic N) is 1. The summed E-state index contributed by atoms with van der Waals surface area (Å²) in [5, 5.41) is 3.22. The van der Waals surface area contributed by atoms with Crippen molar-refractivity contribution in [1.29, 1.82) is 0 Å². The fourth-order valence-corrected chi connectivity index (χ4v) is 0.195. The molecule has 0 saturated heterocycles. The van der Waals surface area contributed by atoms with E-state index in [1.165, 1.54) is 13.1 Å². The van der Waals surface area contributed by atoms with E-state index in [0.717, 1.165) is 0 Å². The van der Waals surface area contributed by atoms with Crippen LogP contribution in [-0.4, -0.2) is 19.7 Å². The number of amides is 1. The summed E-state index contributed by atoms with van der Waals surface area (Å²) in [6.45, 7) is 3.58. The van der Waals surface area contributed by atoms with Crippen LogP contribution in [-0.2, 0) is 4.74 Å². The molecule has 0 aliphatic rings. The van der Waals surface area contributed by atoms with Crippen molar-refractivity contribution in [2.75, 3.05) is 13.7 Å². The van der Waals surface area contributed by atoms with E-state index in [0.29, 0.717) is 0 Å². The highest BCUT2D eigenvalue weighted by molar-refractivity contribution is 5.66. The van der Waals surface area contributed by atoms with Crippen LogP contribution in [0.1, 0.15) is 0 Å². The molecule has 0 bridgehead atoms. The fraction of sp³-hybridized carbons (Fsp3) is 0.400. The van der Waals surface area contributed by atoms with Gasteiger partial charge in [0.15, 0.2) is 0 Å². The lowest BCUT2D eigenvalue weighted by atomic mass is 10.7. The first-order valence-electron chi connectivity index (χ1n) is 2.18. The van der Waals surface area contributed by atoms with E-state index in [-0.39, 0.29) is 6.61 Å². The zero-order valence-corrected chi connectivity index (χ0v) is 4.76. The van der Waals surface area contributed by atoms with Gasteiger partial charge in [-0.2, -0.15) is 0 Å². The van der Waals surface area contributed by atoms with E-state index in [1.807, 2.05) is 0 Å². The summed E-state index contributed by atoms with van der Waals surface area (Å²) in [6, 6.07) is 0. The van der Waals surface area contributed by atoms with Gasteiger partial charge in [0.2, 0.25) is 0 Å². The summed E-state index contributed by atoms with van der Waals surface area (Å²) >= 11 is 0. The number of ether oxygens (including phenoxy) is 1. The molecule has 0 rings (SSSR count). The highest BCUT2D eigenvalue weighted by atomic mass is 16.5. The van der Waals surface area contributed by atoms with Crippen molar-refractivity contribution < 1.29 is 9.53 Å². The molecule has 0 spiro atoms. The van der Waals surface area contributed by atoms with E-state index < -0.39 is 6.09 Å². The summed E-state index contributed by atoms with van der Waals surface area (Å²) in [5.74, 6) is 0. The molecule has 0 N–H and O–H groups in total. The Labute approximate surface area is 48.3 Å². The number of carbonyl (C=O) groups is 1. The average molecular weight is 114 g/mol. The Hall–Kier alpha value is -0.990. The molecule has 0 fully saturated rings. The van der Waals surface area contributed by atoms with E-state index in [2.05, 4.69) is 16.6 Å². The molecule has 1 amide bonds. The maximum absolute atomic E-state index is 10.1. The van der Waals surface area contributed by atoms with Gasteiger partial charge in [-0.15, -0.1) is 0 Å². The first kappa shape index (κ1) is 7.01. The van der Waals surface area contributed by atoms with Crippen molar-refractivity contribution in [3.63, 3.8) is 0 Å². The molecule has 0 aromatic rings. The number of rotatable bonds is 2. The molecular formula is C5H8NO2. The van der Waals surface area contributed by atoms with Gasteiger partial charge in [0, 0.05) is 7.05 Å². The number of carbonyl (C=O) groups excluding carboxylic acids is 1. The third-order valence-corrected chi connectivity index (χ3v) is 0.507. The van der Waals surface area contributed by atoms with Gasteiger partial charge in [-0.3, -0.25) is 0 Å². The molecule has 0 unspecified atom stereocenters. The Morgan fingerprint density at radius 3 is 3.00 bits per heavy atom. The van der Waals surface area contributed by atoms with Crippen molar-refractivity contribution in [3.05, 3.63) is 12.7 Å². The normalized spacial score (nSPS) is 7.62. The minimum atomic E-state index is -0.551. The topological polar surface area (TPSA) is 40.4 Å². The molecular weight excluding hydrogens is 106 g/mol. The monoisotopic (exact) mass is 114 g/mol. The van der Waals surface area contributed by atoms with Crippen molar-refractivity contribution >= 4 is 6.09 Å². The van der Waals surface area contributed by atoms with E-state index in [9.17, 15) is 4.79 Å². The highest BCUT2D eigenvalue weighted by Gasteiger charge is 1.93. The van der Waals surface area contributed by atoms with E-state index in [1.54, 1.807) is 0 Å². The predicted octanol–water partition coefficient (Wildman–Crippen LogP) is 0.543. The van der Waals surface area contributed by atoms with E-state index in [4.69, 9.17) is 0 Å². The Morgan fingerprint density at radius 1 is 2.00 bits per heavy atom. The van der Waals surface area contributed by atoms with E-state index >= 15 is 0 Å². The molecule has 8 heavy (non-hydrogen) atoms. The fourth-order valence-electron chi connectivity index (χ4n) is 0.195. The SMILES string of the molecule is C=CCOC(=O)[N]C. The van der Waals surface area contributed by atoms with Crippen LogP contribution in [0.4, 0.5) is 4.79 Å². The van der Waals surface area contributed by atoms with Crippen molar-refractivity contribution in [2.24, 2.45) is 0 Å². The molecule has 0 atom stereocenters. The van der Waals surface area contributed by atoms with Gasteiger partial charge in [0.1, 0.15) is 6.61 Å². The second kappa shape index (κ2) is 4.18. The Morgan fingerprint density at radius 2 is 2.62 bits per heavy atom. The van der Waals surface area contributed by atoms with Crippen molar-refractivity contribution in [3.8, 4) is 0 Å². The Bertz CT molecular complexity index is 90.4. The molecule has 0 aromatic heterocycles. The van der Waals surface area contributed by atoms with Crippen LogP contribution in [0.25, 0.3) is 0 Å². The minimum Gasteiger partial charge on any atom is -0.444 e. The lowest BCUT2D eigenvalue weighted by Crippen LogP contribution is -2.11. The summed E-state index contributed by atoms with van der Waals surface area (Å²) < 4.78 is 4.42. The van der Waals surface area contributed by atoms with Crippen LogP contribution in [0.2, 0.25) is 0 Å². The Kier molecular flexibility index (Phi) is 3.66. The third kappa shape index (κ3) is 3.21. The van der Waals surface area contributed by atoms with Gasteiger partial charge in [-0.25, -0.2) is 10.1 Å². The van der Waals surface area contributed by atoms with Crippen LogP contribution in [0, 0.1) is 0 Å². The van der Waals surface area contributed by atoms with Crippen LogP contribution in [0.15, 0.2) is 12.7 Å². The summed E-state index contributed by atoms with van der Waals surface area (Å²) in [4.78, 5) is 10.1. The first-order chi connectivity index (χ1) is 3.81. The van der Waals surface area contributed by atoms with Gasteiger partial charge in [-0.05, 0) is 0 Å². The molecule has 3 heteroatoms. The smallest absolute Gasteiger partial charge is 0.428 e. The molecule has 0 saturated carbocycles. The second-order valence-electron chi connectivity index (χ2n) is 1.09. The van der Waals surface area contributed by atoms with Gasteiger partial charge in [-0.1, -0.05) is 12.7 Å². The number of hydrogen-bond acceptors (Lipinski definition) is 2. The highest BCUT2D eigenvalue weighted by Crippen LogP contribution is 1.75. The molecule has 0 heterocycles. The van der Waals surface area contributed by atoms with Crippen LogP contribution < -0.4 is 5.32 Å². The van der Waals surface area contributed by atoms with Crippen molar-refractivity contribution in [1.82, 2.24) is 5.32 Å². The molecule has 45 valence electrons. The second-order valence-corrected chi connectivity index (χ2v) is 1.09. The van der Waals surface area contributed by atoms with Gasteiger partial charge >= 0.3 is 6.09 Å². The van der Waals surface area contributed by atoms with Crippen molar-refractivity contribution in [2.45, 2.75) is 0 Å². The minimum absolute atomic E-state index is 0.232. The quantitative estimate of drug-likeness (QED) is 0.491. The average Bonchev–Trinajstić information content (AvgIpc) is 1.83. The first-order valence-corrected chi connectivity index (χ1v) is 2.18. The summed E-state index contributed by atoms with van der Waals surface area (Å²) in [5.41, 5.74) is 0. The maximum atomic E-state index is 10.1. The predicted molar refractivity (Wildman–Crippen MR) is 29.6 cm³/mol. The molecule has 0 aliphatic heterocycles. The zero-order chi connectivity index (χ0) is 6.41. The van der Waals surface area contributed by atoms with Crippen LogP contribution in [0.5, 0.6) is 0 Å².